The van der Waals surface area contributed by atoms with Gasteiger partial charge in [0.25, 0.3) is 0 Å². The molecule has 1 heterocycles. The Labute approximate surface area is 119 Å². The SMILES string of the molecule is OC(c1ncccc1Br)c1cccc2ccccc12. The highest BCUT2D eigenvalue weighted by Gasteiger charge is 2.16. The Morgan fingerprint density at radius 1 is 0.947 bits per heavy atom. The van der Waals surface area contributed by atoms with Gasteiger partial charge in [-0.05, 0) is 44.4 Å². The number of aromatic nitrogens is 1. The van der Waals surface area contributed by atoms with Crippen LogP contribution >= 0.6 is 15.9 Å². The van der Waals surface area contributed by atoms with Crippen LogP contribution < -0.4 is 0 Å². The van der Waals surface area contributed by atoms with Crippen molar-refractivity contribution >= 4 is 26.7 Å². The Morgan fingerprint density at radius 2 is 1.74 bits per heavy atom. The van der Waals surface area contributed by atoms with Crippen LogP contribution in [-0.4, -0.2) is 10.1 Å². The van der Waals surface area contributed by atoms with Crippen LogP contribution in [0.15, 0.2) is 65.3 Å². The lowest BCUT2D eigenvalue weighted by Gasteiger charge is -2.14. The molecule has 0 aliphatic rings. The van der Waals surface area contributed by atoms with Gasteiger partial charge < -0.3 is 5.11 Å². The van der Waals surface area contributed by atoms with Gasteiger partial charge in [-0.25, -0.2) is 0 Å². The first-order valence-electron chi connectivity index (χ1n) is 6.03. The molecule has 3 aromatic rings. The normalized spacial score (nSPS) is 12.5. The highest BCUT2D eigenvalue weighted by atomic mass is 79.9. The molecule has 0 aliphatic heterocycles. The van der Waals surface area contributed by atoms with Crippen LogP contribution in [0.1, 0.15) is 17.4 Å². The molecule has 0 spiro atoms. The average Bonchev–Trinajstić information content (AvgIpc) is 2.46. The molecule has 0 saturated heterocycles. The summed E-state index contributed by atoms with van der Waals surface area (Å²) in [6, 6.07) is 17.7. The third-order valence-corrected chi connectivity index (χ3v) is 3.83. The Hall–Kier alpha value is -1.71. The fraction of sp³-hybridized carbons (Fsp3) is 0.0625. The molecular weight excluding hydrogens is 302 g/mol. The lowest BCUT2D eigenvalue weighted by atomic mass is 9.98. The van der Waals surface area contributed by atoms with Gasteiger partial charge in [0.15, 0.2) is 0 Å². The second kappa shape index (κ2) is 5.11. The predicted octanol–water partition coefficient (Wildman–Crippen LogP) is 4.08. The molecule has 0 bridgehead atoms. The molecule has 1 N–H and O–H groups in total. The molecule has 0 saturated carbocycles. The quantitative estimate of drug-likeness (QED) is 0.773. The van der Waals surface area contributed by atoms with Gasteiger partial charge in [-0.1, -0.05) is 42.5 Å². The minimum Gasteiger partial charge on any atom is -0.382 e. The summed E-state index contributed by atoms with van der Waals surface area (Å²) in [6.07, 6.45) is 0.954. The summed E-state index contributed by atoms with van der Waals surface area (Å²) >= 11 is 3.44. The summed E-state index contributed by atoms with van der Waals surface area (Å²) in [5, 5.41) is 12.7. The van der Waals surface area contributed by atoms with E-state index in [4.69, 9.17) is 0 Å². The minimum absolute atomic E-state index is 0.638. The number of rotatable bonds is 2. The molecule has 19 heavy (non-hydrogen) atoms. The van der Waals surface area contributed by atoms with Crippen LogP contribution in [0.2, 0.25) is 0 Å². The molecule has 94 valence electrons. The van der Waals surface area contributed by atoms with E-state index in [2.05, 4.69) is 20.9 Å². The maximum Gasteiger partial charge on any atom is 0.123 e. The molecule has 0 aliphatic carbocycles. The van der Waals surface area contributed by atoms with E-state index < -0.39 is 6.10 Å². The summed E-state index contributed by atoms with van der Waals surface area (Å²) < 4.78 is 0.815. The summed E-state index contributed by atoms with van der Waals surface area (Å²) in [4.78, 5) is 4.26. The predicted molar refractivity (Wildman–Crippen MR) is 79.9 cm³/mol. The Kier molecular flexibility index (Phi) is 3.32. The monoisotopic (exact) mass is 313 g/mol. The van der Waals surface area contributed by atoms with Crippen LogP contribution in [-0.2, 0) is 0 Å². The number of fused-ring (bicyclic) bond motifs is 1. The van der Waals surface area contributed by atoms with Crippen molar-refractivity contribution in [3.63, 3.8) is 0 Å². The summed E-state index contributed by atoms with van der Waals surface area (Å²) in [7, 11) is 0. The Morgan fingerprint density at radius 3 is 2.58 bits per heavy atom. The molecule has 1 aromatic heterocycles. The molecule has 3 rings (SSSR count). The molecule has 2 nitrogen and oxygen atoms in total. The van der Waals surface area contributed by atoms with Crippen LogP contribution in [0, 0.1) is 0 Å². The van der Waals surface area contributed by atoms with Crippen molar-refractivity contribution in [2.45, 2.75) is 6.10 Å². The number of hydrogen-bond donors (Lipinski definition) is 1. The first-order valence-corrected chi connectivity index (χ1v) is 6.83. The van der Waals surface area contributed by atoms with Crippen molar-refractivity contribution < 1.29 is 5.11 Å². The first kappa shape index (κ1) is 12.3. The highest BCUT2D eigenvalue weighted by molar-refractivity contribution is 9.10. The van der Waals surface area contributed by atoms with Gasteiger partial charge in [0.05, 0.1) is 5.69 Å². The molecule has 1 atom stereocenters. The highest BCUT2D eigenvalue weighted by Crippen LogP contribution is 2.31. The maximum atomic E-state index is 10.6. The number of pyridine rings is 1. The van der Waals surface area contributed by atoms with Crippen LogP contribution in [0.4, 0.5) is 0 Å². The van der Waals surface area contributed by atoms with E-state index in [-0.39, 0.29) is 0 Å². The van der Waals surface area contributed by atoms with Crippen LogP contribution in [0.3, 0.4) is 0 Å². The van der Waals surface area contributed by atoms with Crippen LogP contribution in [0.5, 0.6) is 0 Å². The third kappa shape index (κ3) is 2.27. The molecule has 2 aromatic carbocycles. The van der Waals surface area contributed by atoms with Crippen molar-refractivity contribution in [1.82, 2.24) is 4.98 Å². The smallest absolute Gasteiger partial charge is 0.123 e. The number of hydrogen-bond acceptors (Lipinski definition) is 2. The molecular formula is C16H12BrNO. The summed E-state index contributed by atoms with van der Waals surface area (Å²) in [6.45, 7) is 0. The van der Waals surface area contributed by atoms with Crippen molar-refractivity contribution in [3.05, 3.63) is 76.5 Å². The van der Waals surface area contributed by atoms with E-state index >= 15 is 0 Å². The van der Waals surface area contributed by atoms with E-state index in [0.717, 1.165) is 20.8 Å². The van der Waals surface area contributed by atoms with Gasteiger partial charge in [0, 0.05) is 10.7 Å². The second-order valence-electron chi connectivity index (χ2n) is 4.34. The van der Waals surface area contributed by atoms with Gasteiger partial charge in [0.2, 0.25) is 0 Å². The molecule has 0 amide bonds. The summed E-state index contributed by atoms with van der Waals surface area (Å²) in [5.74, 6) is 0. The van der Waals surface area contributed by atoms with Gasteiger partial charge in [-0.2, -0.15) is 0 Å². The molecule has 0 radical (unpaired) electrons. The largest absolute Gasteiger partial charge is 0.382 e. The lowest BCUT2D eigenvalue weighted by molar-refractivity contribution is 0.216. The Bertz CT molecular complexity index is 721. The number of benzene rings is 2. The van der Waals surface area contributed by atoms with E-state index in [1.165, 1.54) is 0 Å². The number of aliphatic hydroxyl groups excluding tert-OH is 1. The van der Waals surface area contributed by atoms with Gasteiger partial charge in [0.1, 0.15) is 6.10 Å². The topological polar surface area (TPSA) is 33.1 Å². The number of nitrogens with zero attached hydrogens (tertiary/aromatic N) is 1. The standard InChI is InChI=1S/C16H12BrNO/c17-14-9-4-10-18-15(14)16(19)13-8-3-6-11-5-1-2-7-12(11)13/h1-10,16,19H. The fourth-order valence-corrected chi connectivity index (χ4v) is 2.71. The van der Waals surface area contributed by atoms with Crippen LogP contribution in [0.25, 0.3) is 10.8 Å². The zero-order valence-corrected chi connectivity index (χ0v) is 11.7. The second-order valence-corrected chi connectivity index (χ2v) is 5.20. The summed E-state index contributed by atoms with van der Waals surface area (Å²) in [5.41, 5.74) is 1.51. The van der Waals surface area contributed by atoms with Crippen molar-refractivity contribution in [2.24, 2.45) is 0 Å². The van der Waals surface area contributed by atoms with E-state index in [1.807, 2.05) is 54.6 Å². The zero-order chi connectivity index (χ0) is 13.2. The van der Waals surface area contributed by atoms with Gasteiger partial charge in [-0.3, -0.25) is 4.98 Å². The maximum absolute atomic E-state index is 10.6. The molecule has 1 unspecified atom stereocenters. The average molecular weight is 314 g/mol. The third-order valence-electron chi connectivity index (χ3n) is 3.16. The fourth-order valence-electron chi connectivity index (χ4n) is 2.24. The minimum atomic E-state index is -0.735. The zero-order valence-electron chi connectivity index (χ0n) is 10.1. The molecule has 3 heteroatoms. The lowest BCUT2D eigenvalue weighted by Crippen LogP contribution is -2.03. The number of halogens is 1. The van der Waals surface area contributed by atoms with Crippen molar-refractivity contribution in [3.8, 4) is 0 Å². The van der Waals surface area contributed by atoms with Crippen molar-refractivity contribution in [1.29, 1.82) is 0 Å². The van der Waals surface area contributed by atoms with E-state index in [9.17, 15) is 5.11 Å². The molecule has 0 fully saturated rings. The van der Waals surface area contributed by atoms with Gasteiger partial charge in [-0.15, -0.1) is 0 Å². The van der Waals surface area contributed by atoms with E-state index in [1.54, 1.807) is 6.20 Å². The number of aliphatic hydroxyl groups is 1. The van der Waals surface area contributed by atoms with Crippen molar-refractivity contribution in [2.75, 3.05) is 0 Å². The first-order chi connectivity index (χ1) is 9.27. The van der Waals surface area contributed by atoms with E-state index in [0.29, 0.717) is 5.69 Å². The van der Waals surface area contributed by atoms with Gasteiger partial charge >= 0.3 is 0 Å². The Balaban J connectivity index is 2.17.